The van der Waals surface area contributed by atoms with Gasteiger partial charge in [0.15, 0.2) is 0 Å². The van der Waals surface area contributed by atoms with Crippen molar-refractivity contribution in [2.45, 2.75) is 19.9 Å². The van der Waals surface area contributed by atoms with Crippen molar-refractivity contribution in [3.8, 4) is 0 Å². The van der Waals surface area contributed by atoms with E-state index in [-0.39, 0.29) is 12.2 Å². The maximum Gasteiger partial charge on any atom is 0.338 e. The highest BCUT2D eigenvalue weighted by molar-refractivity contribution is 5.98. The summed E-state index contributed by atoms with van der Waals surface area (Å²) in [6, 6.07) is 7.55. The zero-order valence-corrected chi connectivity index (χ0v) is 11.8. The summed E-state index contributed by atoms with van der Waals surface area (Å²) < 4.78 is 5.04. The summed E-state index contributed by atoms with van der Waals surface area (Å²) in [5, 5.41) is 2.50. The number of carbonyl (C=O) groups is 3. The van der Waals surface area contributed by atoms with Gasteiger partial charge in [-0.1, -0.05) is 30.3 Å². The van der Waals surface area contributed by atoms with Gasteiger partial charge in [0.25, 0.3) is 0 Å². The molecule has 0 unspecified atom stereocenters. The second-order valence-electron chi connectivity index (χ2n) is 4.52. The molecule has 1 heterocycles. The molecule has 1 aliphatic rings. The van der Waals surface area contributed by atoms with E-state index in [0.29, 0.717) is 17.7 Å². The van der Waals surface area contributed by atoms with Crippen LogP contribution in [0.15, 0.2) is 41.6 Å². The average molecular weight is 288 g/mol. The second-order valence-corrected chi connectivity index (χ2v) is 4.52. The van der Waals surface area contributed by atoms with Crippen LogP contribution < -0.4 is 5.32 Å². The first-order valence-corrected chi connectivity index (χ1v) is 6.57. The first-order chi connectivity index (χ1) is 10.1. The molecule has 0 saturated carbocycles. The highest BCUT2D eigenvalue weighted by atomic mass is 16.5. The molecule has 1 aromatic carbocycles. The average Bonchev–Trinajstić information content (AvgIpc) is 2.47. The van der Waals surface area contributed by atoms with Gasteiger partial charge in [-0.05, 0) is 19.4 Å². The fourth-order valence-electron chi connectivity index (χ4n) is 2.30. The van der Waals surface area contributed by atoms with Crippen molar-refractivity contribution in [1.29, 1.82) is 0 Å². The zero-order valence-electron chi connectivity index (χ0n) is 11.8. The summed E-state index contributed by atoms with van der Waals surface area (Å²) in [6.07, 6.45) is 0.415. The van der Waals surface area contributed by atoms with Gasteiger partial charge in [-0.15, -0.1) is 0 Å². The quantitative estimate of drug-likeness (QED) is 0.676. The lowest BCUT2D eigenvalue weighted by molar-refractivity contribution is -0.139. The van der Waals surface area contributed by atoms with Crippen LogP contribution >= 0.6 is 0 Å². The van der Waals surface area contributed by atoms with Crippen LogP contribution in [0.1, 0.15) is 25.5 Å². The molecule has 0 bridgehead atoms. The Morgan fingerprint density at radius 1 is 1.38 bits per heavy atom. The lowest BCUT2D eigenvalue weighted by Gasteiger charge is -2.33. The molecule has 6 nitrogen and oxygen atoms in total. The second kappa shape index (κ2) is 6.21. The van der Waals surface area contributed by atoms with Crippen LogP contribution in [-0.2, 0) is 14.3 Å². The molecule has 110 valence electrons. The van der Waals surface area contributed by atoms with E-state index in [4.69, 9.17) is 4.74 Å². The predicted octanol–water partition coefficient (Wildman–Crippen LogP) is 1.75. The Labute approximate surface area is 122 Å². The number of ether oxygens (including phenoxy) is 1. The Bertz CT molecular complexity index is 595. The minimum absolute atomic E-state index is 0.214. The third-order valence-corrected chi connectivity index (χ3v) is 3.21. The fraction of sp³-hybridized carbons (Fsp3) is 0.267. The van der Waals surface area contributed by atoms with Gasteiger partial charge in [0.05, 0.1) is 12.2 Å². The molecule has 0 radical (unpaired) electrons. The molecule has 1 atom stereocenters. The van der Waals surface area contributed by atoms with Crippen LogP contribution in [0.2, 0.25) is 0 Å². The summed E-state index contributed by atoms with van der Waals surface area (Å²) in [4.78, 5) is 36.4. The molecular formula is C15H16N2O4. The Morgan fingerprint density at radius 2 is 2.05 bits per heavy atom. The summed E-state index contributed by atoms with van der Waals surface area (Å²) in [6.45, 7) is 3.53. The minimum Gasteiger partial charge on any atom is -0.463 e. The van der Waals surface area contributed by atoms with E-state index in [1.807, 2.05) is 6.07 Å². The fourth-order valence-corrected chi connectivity index (χ4v) is 2.30. The zero-order chi connectivity index (χ0) is 15.4. The van der Waals surface area contributed by atoms with Gasteiger partial charge in [-0.2, -0.15) is 0 Å². The number of nitrogens with one attached hydrogen (secondary N) is 1. The smallest absolute Gasteiger partial charge is 0.338 e. The summed E-state index contributed by atoms with van der Waals surface area (Å²) in [7, 11) is 0. The van der Waals surface area contributed by atoms with Crippen molar-refractivity contribution in [2.75, 3.05) is 6.61 Å². The third kappa shape index (κ3) is 2.79. The van der Waals surface area contributed by atoms with Crippen molar-refractivity contribution in [1.82, 2.24) is 10.2 Å². The standard InChI is InChI=1S/C15H16N2O4/c1-3-21-14(19)12-10(2)16-15(20)17(9-18)13(12)11-7-5-4-6-8-11/h4-9,13H,3H2,1-2H3,(H,16,20)/t13-/m0/s1. The maximum absolute atomic E-state index is 12.2. The number of benzene rings is 1. The van der Waals surface area contributed by atoms with E-state index in [9.17, 15) is 14.4 Å². The predicted molar refractivity (Wildman–Crippen MR) is 75.0 cm³/mol. The van der Waals surface area contributed by atoms with Gasteiger partial charge in [0.1, 0.15) is 6.04 Å². The molecule has 2 rings (SSSR count). The van der Waals surface area contributed by atoms with Gasteiger partial charge in [0, 0.05) is 5.70 Å². The molecule has 6 heteroatoms. The van der Waals surface area contributed by atoms with Crippen LogP contribution in [0.5, 0.6) is 0 Å². The van der Waals surface area contributed by atoms with E-state index in [0.717, 1.165) is 4.90 Å². The van der Waals surface area contributed by atoms with Crippen molar-refractivity contribution in [3.63, 3.8) is 0 Å². The normalized spacial score (nSPS) is 18.3. The lowest BCUT2D eigenvalue weighted by Crippen LogP contribution is -2.47. The number of hydrogen-bond donors (Lipinski definition) is 1. The van der Waals surface area contributed by atoms with E-state index in [1.165, 1.54) is 0 Å². The number of rotatable bonds is 4. The maximum atomic E-state index is 12.2. The van der Waals surface area contributed by atoms with Gasteiger partial charge >= 0.3 is 12.0 Å². The molecule has 1 aromatic rings. The number of amides is 3. The van der Waals surface area contributed by atoms with Crippen LogP contribution in [0.3, 0.4) is 0 Å². The molecule has 1 N–H and O–H groups in total. The lowest BCUT2D eigenvalue weighted by atomic mass is 9.94. The molecule has 1 aliphatic heterocycles. The van der Waals surface area contributed by atoms with Crippen molar-refractivity contribution in [3.05, 3.63) is 47.2 Å². The molecule has 0 fully saturated rings. The number of nitrogens with zero attached hydrogens (tertiary/aromatic N) is 1. The first kappa shape index (κ1) is 14.8. The van der Waals surface area contributed by atoms with Crippen LogP contribution in [0.25, 0.3) is 0 Å². The van der Waals surface area contributed by atoms with Crippen LogP contribution in [0.4, 0.5) is 4.79 Å². The minimum atomic E-state index is -0.781. The molecule has 0 saturated heterocycles. The van der Waals surface area contributed by atoms with E-state index >= 15 is 0 Å². The Hall–Kier alpha value is -2.63. The highest BCUT2D eigenvalue weighted by Gasteiger charge is 2.38. The van der Waals surface area contributed by atoms with Crippen LogP contribution in [-0.4, -0.2) is 29.9 Å². The van der Waals surface area contributed by atoms with E-state index < -0.39 is 18.0 Å². The number of urea groups is 1. The van der Waals surface area contributed by atoms with Gasteiger partial charge in [-0.3, -0.25) is 9.69 Å². The molecule has 21 heavy (non-hydrogen) atoms. The largest absolute Gasteiger partial charge is 0.463 e. The summed E-state index contributed by atoms with van der Waals surface area (Å²) >= 11 is 0. The Kier molecular flexibility index (Phi) is 4.37. The van der Waals surface area contributed by atoms with Crippen molar-refractivity contribution < 1.29 is 19.1 Å². The highest BCUT2D eigenvalue weighted by Crippen LogP contribution is 2.33. The van der Waals surface area contributed by atoms with Crippen LogP contribution in [0, 0.1) is 0 Å². The van der Waals surface area contributed by atoms with E-state index in [2.05, 4.69) is 5.32 Å². The SMILES string of the molecule is CCOC(=O)C1=C(C)NC(=O)N(C=O)[C@H]1c1ccccc1. The van der Waals surface area contributed by atoms with Gasteiger partial charge in [0.2, 0.25) is 6.41 Å². The molecule has 0 aromatic heterocycles. The van der Waals surface area contributed by atoms with Crippen molar-refractivity contribution >= 4 is 18.4 Å². The molecular weight excluding hydrogens is 272 g/mol. The van der Waals surface area contributed by atoms with E-state index in [1.54, 1.807) is 38.1 Å². The first-order valence-electron chi connectivity index (χ1n) is 6.57. The monoisotopic (exact) mass is 288 g/mol. The summed E-state index contributed by atoms with van der Waals surface area (Å²) in [5.74, 6) is -0.546. The number of hydrogen-bond acceptors (Lipinski definition) is 4. The van der Waals surface area contributed by atoms with Crippen molar-refractivity contribution in [2.24, 2.45) is 0 Å². The Balaban J connectivity index is 2.55. The Morgan fingerprint density at radius 3 is 2.62 bits per heavy atom. The number of imide groups is 1. The summed E-state index contributed by atoms with van der Waals surface area (Å²) in [5.41, 5.74) is 1.32. The number of esters is 1. The number of carbonyl (C=O) groups excluding carboxylic acids is 3. The topological polar surface area (TPSA) is 75.7 Å². The number of allylic oxidation sites excluding steroid dienone is 1. The van der Waals surface area contributed by atoms with Gasteiger partial charge < -0.3 is 10.1 Å². The molecule has 3 amide bonds. The van der Waals surface area contributed by atoms with Gasteiger partial charge in [-0.25, -0.2) is 9.59 Å². The molecule has 0 aliphatic carbocycles. The molecule has 0 spiro atoms. The third-order valence-electron chi connectivity index (χ3n) is 3.21.